The Bertz CT molecular complexity index is 780. The Hall–Kier alpha value is -2.65. The van der Waals surface area contributed by atoms with E-state index < -0.39 is 5.97 Å². The first-order valence-corrected chi connectivity index (χ1v) is 8.55. The second-order valence-electron chi connectivity index (χ2n) is 5.35. The third-order valence-corrected chi connectivity index (χ3v) is 4.13. The summed E-state index contributed by atoms with van der Waals surface area (Å²) in [5, 5.41) is 11.6. The second-order valence-corrected chi connectivity index (χ2v) is 6.26. The van der Waals surface area contributed by atoms with Crippen molar-refractivity contribution in [2.24, 2.45) is 0 Å². The molecule has 0 fully saturated rings. The average molecular weight is 401 g/mol. The van der Waals surface area contributed by atoms with E-state index >= 15 is 0 Å². The van der Waals surface area contributed by atoms with Crippen molar-refractivity contribution in [1.82, 2.24) is 5.32 Å². The summed E-state index contributed by atoms with van der Waals surface area (Å²) in [5.41, 5.74) is 1.73. The van der Waals surface area contributed by atoms with Gasteiger partial charge in [-0.15, -0.1) is 0 Å². The summed E-state index contributed by atoms with van der Waals surface area (Å²) < 4.78 is 5.99. The monoisotopic (exact) mass is 400 g/mol. The lowest BCUT2D eigenvalue weighted by molar-refractivity contribution is -0.125. The molecule has 2 aromatic rings. The minimum Gasteiger partial charge on any atom is -0.452 e. The lowest BCUT2D eigenvalue weighted by atomic mass is 10.0. The summed E-state index contributed by atoms with van der Waals surface area (Å²) in [6, 6.07) is 15.6. The fraction of sp³-hybridized carbons (Fsp3) is 0.211. The maximum Gasteiger partial charge on any atom is 0.338 e. The van der Waals surface area contributed by atoms with Gasteiger partial charge in [0.2, 0.25) is 0 Å². The minimum atomic E-state index is -0.601. The van der Waals surface area contributed by atoms with Gasteiger partial charge in [0.15, 0.2) is 6.61 Å². The van der Waals surface area contributed by atoms with Gasteiger partial charge in [-0.05, 0) is 48.4 Å². The third-order valence-electron chi connectivity index (χ3n) is 3.60. The number of ether oxygens (including phenoxy) is 1. The van der Waals surface area contributed by atoms with E-state index in [2.05, 4.69) is 21.2 Å². The SMILES string of the molecule is CC[C@H](NC(=O)COC(=O)c1ccc(C#N)cc1)c1ccc(Br)cc1. The van der Waals surface area contributed by atoms with E-state index in [4.69, 9.17) is 10.00 Å². The molecule has 5 nitrogen and oxygen atoms in total. The number of rotatable bonds is 6. The minimum absolute atomic E-state index is 0.144. The molecule has 1 amide bonds. The van der Waals surface area contributed by atoms with Crippen LogP contribution in [0.3, 0.4) is 0 Å². The first-order valence-electron chi connectivity index (χ1n) is 7.75. The van der Waals surface area contributed by atoms with E-state index in [1.165, 1.54) is 24.3 Å². The van der Waals surface area contributed by atoms with Crippen molar-refractivity contribution in [3.63, 3.8) is 0 Å². The summed E-state index contributed by atoms with van der Waals surface area (Å²) in [7, 11) is 0. The number of esters is 1. The predicted octanol–water partition coefficient (Wildman–Crippen LogP) is 3.75. The van der Waals surface area contributed by atoms with Gasteiger partial charge < -0.3 is 10.1 Å². The lowest BCUT2D eigenvalue weighted by Gasteiger charge is -2.17. The molecule has 0 radical (unpaired) electrons. The van der Waals surface area contributed by atoms with Crippen LogP contribution in [-0.4, -0.2) is 18.5 Å². The van der Waals surface area contributed by atoms with E-state index in [1.807, 2.05) is 37.3 Å². The molecule has 6 heteroatoms. The smallest absolute Gasteiger partial charge is 0.338 e. The van der Waals surface area contributed by atoms with Gasteiger partial charge in [0.25, 0.3) is 5.91 Å². The first kappa shape index (κ1) is 18.7. The molecule has 0 spiro atoms. The van der Waals surface area contributed by atoms with Crippen LogP contribution in [0, 0.1) is 11.3 Å². The quantitative estimate of drug-likeness (QED) is 0.748. The summed E-state index contributed by atoms with van der Waals surface area (Å²) in [5.74, 6) is -0.965. The molecule has 0 heterocycles. The highest BCUT2D eigenvalue weighted by molar-refractivity contribution is 9.10. The number of hydrogen-bond acceptors (Lipinski definition) is 4. The van der Waals surface area contributed by atoms with Gasteiger partial charge in [-0.1, -0.05) is 35.0 Å². The number of nitrogens with zero attached hydrogens (tertiary/aromatic N) is 1. The molecule has 0 unspecified atom stereocenters. The number of carbonyl (C=O) groups excluding carboxylic acids is 2. The Labute approximate surface area is 154 Å². The van der Waals surface area contributed by atoms with E-state index in [0.29, 0.717) is 11.1 Å². The van der Waals surface area contributed by atoms with Crippen molar-refractivity contribution in [3.05, 3.63) is 69.7 Å². The average Bonchev–Trinajstić information content (AvgIpc) is 2.65. The molecular weight excluding hydrogens is 384 g/mol. The molecule has 0 saturated carbocycles. The van der Waals surface area contributed by atoms with E-state index in [9.17, 15) is 9.59 Å². The fourth-order valence-corrected chi connectivity index (χ4v) is 2.51. The van der Waals surface area contributed by atoms with Gasteiger partial charge in [0.05, 0.1) is 23.2 Å². The highest BCUT2D eigenvalue weighted by Gasteiger charge is 2.15. The van der Waals surface area contributed by atoms with Crippen LogP contribution in [0.1, 0.15) is 40.9 Å². The molecule has 0 aromatic heterocycles. The second kappa shape index (κ2) is 9.00. The van der Waals surface area contributed by atoms with Crippen LogP contribution in [0.4, 0.5) is 0 Å². The predicted molar refractivity (Wildman–Crippen MR) is 96.8 cm³/mol. The Balaban J connectivity index is 1.89. The van der Waals surface area contributed by atoms with Crippen molar-refractivity contribution in [1.29, 1.82) is 5.26 Å². The largest absolute Gasteiger partial charge is 0.452 e. The zero-order valence-corrected chi connectivity index (χ0v) is 15.2. The highest BCUT2D eigenvalue weighted by atomic mass is 79.9. The Kier molecular flexibility index (Phi) is 6.72. The number of benzene rings is 2. The van der Waals surface area contributed by atoms with Crippen LogP contribution in [0.5, 0.6) is 0 Å². The number of halogens is 1. The fourth-order valence-electron chi connectivity index (χ4n) is 2.25. The highest BCUT2D eigenvalue weighted by Crippen LogP contribution is 2.19. The molecule has 0 bridgehead atoms. The standard InChI is InChI=1S/C19H17BrN2O3/c1-2-17(14-7-9-16(20)10-8-14)22-18(23)12-25-19(24)15-5-3-13(11-21)4-6-15/h3-10,17H,2,12H2,1H3,(H,22,23)/t17-/m0/s1. The maximum absolute atomic E-state index is 12.0. The summed E-state index contributed by atoms with van der Waals surface area (Å²) in [4.78, 5) is 24.0. The number of hydrogen-bond donors (Lipinski definition) is 1. The number of carbonyl (C=O) groups is 2. The summed E-state index contributed by atoms with van der Waals surface area (Å²) in [6.07, 6.45) is 0.719. The molecule has 0 saturated heterocycles. The zero-order chi connectivity index (χ0) is 18.2. The molecule has 0 aliphatic rings. The van der Waals surface area contributed by atoms with Gasteiger partial charge >= 0.3 is 5.97 Å². The third kappa shape index (κ3) is 5.44. The van der Waals surface area contributed by atoms with Gasteiger partial charge in [0.1, 0.15) is 0 Å². The van der Waals surface area contributed by atoms with Crippen LogP contribution in [0.25, 0.3) is 0 Å². The molecule has 1 N–H and O–H groups in total. The molecule has 0 aliphatic carbocycles. The Morgan fingerprint density at radius 3 is 2.36 bits per heavy atom. The zero-order valence-electron chi connectivity index (χ0n) is 13.7. The Morgan fingerprint density at radius 1 is 1.16 bits per heavy atom. The summed E-state index contributed by atoms with van der Waals surface area (Å²) >= 11 is 3.38. The molecule has 2 rings (SSSR count). The van der Waals surface area contributed by atoms with Crippen molar-refractivity contribution in [2.45, 2.75) is 19.4 Å². The molecule has 2 aromatic carbocycles. The van der Waals surface area contributed by atoms with Crippen molar-refractivity contribution in [3.8, 4) is 6.07 Å². The molecular formula is C19H17BrN2O3. The maximum atomic E-state index is 12.0. The van der Waals surface area contributed by atoms with Crippen LogP contribution in [-0.2, 0) is 9.53 Å². The van der Waals surface area contributed by atoms with E-state index in [0.717, 1.165) is 16.5 Å². The van der Waals surface area contributed by atoms with Crippen molar-refractivity contribution >= 4 is 27.8 Å². The van der Waals surface area contributed by atoms with Crippen LogP contribution in [0.2, 0.25) is 0 Å². The Morgan fingerprint density at radius 2 is 1.80 bits per heavy atom. The van der Waals surface area contributed by atoms with Gasteiger partial charge in [-0.3, -0.25) is 4.79 Å². The van der Waals surface area contributed by atoms with Crippen LogP contribution < -0.4 is 5.32 Å². The normalized spacial score (nSPS) is 11.2. The van der Waals surface area contributed by atoms with Crippen LogP contribution in [0.15, 0.2) is 53.0 Å². The van der Waals surface area contributed by atoms with Crippen molar-refractivity contribution in [2.75, 3.05) is 6.61 Å². The van der Waals surface area contributed by atoms with Crippen molar-refractivity contribution < 1.29 is 14.3 Å². The van der Waals surface area contributed by atoms with Gasteiger partial charge in [-0.25, -0.2) is 4.79 Å². The molecule has 25 heavy (non-hydrogen) atoms. The molecule has 0 aliphatic heterocycles. The first-order chi connectivity index (χ1) is 12.0. The van der Waals surface area contributed by atoms with Crippen LogP contribution >= 0.6 is 15.9 Å². The van der Waals surface area contributed by atoms with E-state index in [1.54, 1.807) is 0 Å². The van der Waals surface area contributed by atoms with Gasteiger partial charge in [0, 0.05) is 4.47 Å². The van der Waals surface area contributed by atoms with E-state index in [-0.39, 0.29) is 18.6 Å². The number of nitrogens with one attached hydrogen (secondary N) is 1. The summed E-state index contributed by atoms with van der Waals surface area (Å²) in [6.45, 7) is 1.61. The number of nitriles is 1. The lowest BCUT2D eigenvalue weighted by Crippen LogP contribution is -2.32. The number of amides is 1. The van der Waals surface area contributed by atoms with Gasteiger partial charge in [-0.2, -0.15) is 5.26 Å². The molecule has 1 atom stereocenters. The molecule has 128 valence electrons. The topological polar surface area (TPSA) is 79.2 Å².